The van der Waals surface area contributed by atoms with Crippen molar-refractivity contribution in [2.75, 3.05) is 26.3 Å². The van der Waals surface area contributed by atoms with Gasteiger partial charge in [0.1, 0.15) is 5.01 Å². The molecular weight excluding hydrogens is 200 g/mol. The van der Waals surface area contributed by atoms with E-state index in [4.69, 9.17) is 9.84 Å². The Morgan fingerprint density at radius 1 is 1.50 bits per heavy atom. The van der Waals surface area contributed by atoms with Crippen LogP contribution < -0.4 is 0 Å². The van der Waals surface area contributed by atoms with Crippen molar-refractivity contribution < 1.29 is 9.84 Å². The molecule has 0 radical (unpaired) electrons. The van der Waals surface area contributed by atoms with Gasteiger partial charge in [0, 0.05) is 18.5 Å². The summed E-state index contributed by atoms with van der Waals surface area (Å²) in [6.45, 7) is 4.52. The molecule has 1 aromatic heterocycles. The minimum atomic E-state index is 0.0413. The van der Waals surface area contributed by atoms with Gasteiger partial charge in [-0.15, -0.1) is 11.3 Å². The zero-order chi connectivity index (χ0) is 9.80. The van der Waals surface area contributed by atoms with Crippen molar-refractivity contribution in [2.45, 2.75) is 13.2 Å². The molecule has 0 atom stereocenters. The van der Waals surface area contributed by atoms with Crippen molar-refractivity contribution >= 4 is 11.3 Å². The number of nitrogens with zero attached hydrogens (tertiary/aromatic N) is 2. The Morgan fingerprint density at radius 2 is 2.29 bits per heavy atom. The Balaban J connectivity index is 1.89. The highest BCUT2D eigenvalue weighted by Crippen LogP contribution is 2.13. The van der Waals surface area contributed by atoms with Crippen LogP contribution in [0.3, 0.4) is 0 Å². The van der Waals surface area contributed by atoms with Gasteiger partial charge in [0.15, 0.2) is 0 Å². The molecule has 78 valence electrons. The zero-order valence-corrected chi connectivity index (χ0v) is 8.79. The van der Waals surface area contributed by atoms with Crippen LogP contribution in [0.25, 0.3) is 0 Å². The van der Waals surface area contributed by atoms with Crippen LogP contribution in [-0.4, -0.2) is 41.3 Å². The smallest absolute Gasteiger partial charge is 0.107 e. The van der Waals surface area contributed by atoms with Crippen LogP contribution >= 0.6 is 11.3 Å². The highest BCUT2D eigenvalue weighted by atomic mass is 32.1. The maximum atomic E-state index is 8.87. The highest BCUT2D eigenvalue weighted by Gasteiger charge is 2.12. The van der Waals surface area contributed by atoms with Gasteiger partial charge in [-0.05, 0) is 0 Å². The molecule has 0 spiro atoms. The van der Waals surface area contributed by atoms with Crippen LogP contribution in [0, 0.1) is 0 Å². The predicted octanol–water partition coefficient (Wildman–Crippen LogP) is 0.468. The second kappa shape index (κ2) is 4.84. The third-order valence-corrected chi connectivity index (χ3v) is 3.11. The largest absolute Gasteiger partial charge is 0.390 e. The Morgan fingerprint density at radius 3 is 2.93 bits per heavy atom. The summed E-state index contributed by atoms with van der Waals surface area (Å²) >= 11 is 1.61. The second-order valence-electron chi connectivity index (χ2n) is 3.28. The van der Waals surface area contributed by atoms with Crippen LogP contribution in [0.5, 0.6) is 0 Å². The molecule has 4 nitrogen and oxygen atoms in total. The van der Waals surface area contributed by atoms with Crippen molar-refractivity contribution in [2.24, 2.45) is 0 Å². The van der Waals surface area contributed by atoms with E-state index in [0.717, 1.165) is 43.5 Å². The number of thiazole rings is 1. The molecule has 0 amide bonds. The third kappa shape index (κ3) is 2.51. The minimum Gasteiger partial charge on any atom is -0.390 e. The molecule has 0 bridgehead atoms. The summed E-state index contributed by atoms with van der Waals surface area (Å²) in [5.41, 5.74) is 0.776. The first kappa shape index (κ1) is 10.0. The molecule has 0 aromatic carbocycles. The Labute approximate surface area is 87.1 Å². The molecule has 14 heavy (non-hydrogen) atoms. The molecule has 0 unspecified atom stereocenters. The molecule has 1 aromatic rings. The van der Waals surface area contributed by atoms with E-state index >= 15 is 0 Å². The average Bonchev–Trinajstić information content (AvgIpc) is 2.67. The van der Waals surface area contributed by atoms with Crippen LogP contribution in [0.15, 0.2) is 5.38 Å². The van der Waals surface area contributed by atoms with Gasteiger partial charge in [-0.25, -0.2) is 4.98 Å². The lowest BCUT2D eigenvalue weighted by Gasteiger charge is -2.25. The number of aliphatic hydroxyl groups excluding tert-OH is 1. The van der Waals surface area contributed by atoms with Crippen molar-refractivity contribution in [1.29, 1.82) is 0 Å². The van der Waals surface area contributed by atoms with Crippen molar-refractivity contribution in [3.63, 3.8) is 0 Å². The monoisotopic (exact) mass is 214 g/mol. The van der Waals surface area contributed by atoms with Crippen molar-refractivity contribution in [1.82, 2.24) is 9.88 Å². The first-order valence-corrected chi connectivity index (χ1v) is 5.60. The van der Waals surface area contributed by atoms with Crippen molar-refractivity contribution in [3.8, 4) is 0 Å². The van der Waals surface area contributed by atoms with E-state index in [1.165, 1.54) is 0 Å². The Bertz CT molecular complexity index is 284. The van der Waals surface area contributed by atoms with Gasteiger partial charge in [-0.2, -0.15) is 0 Å². The summed E-state index contributed by atoms with van der Waals surface area (Å²) in [5, 5.41) is 11.9. The summed E-state index contributed by atoms with van der Waals surface area (Å²) in [4.78, 5) is 6.63. The summed E-state index contributed by atoms with van der Waals surface area (Å²) in [5.74, 6) is 0. The third-order valence-electron chi connectivity index (χ3n) is 2.22. The van der Waals surface area contributed by atoms with Gasteiger partial charge in [-0.3, -0.25) is 4.90 Å². The number of hydrogen-bond acceptors (Lipinski definition) is 5. The van der Waals surface area contributed by atoms with Crippen LogP contribution in [0.4, 0.5) is 0 Å². The number of morpholine rings is 1. The lowest BCUT2D eigenvalue weighted by Crippen LogP contribution is -2.35. The van der Waals surface area contributed by atoms with Crippen LogP contribution in [0.2, 0.25) is 0 Å². The molecule has 2 heterocycles. The average molecular weight is 214 g/mol. The number of ether oxygens (including phenoxy) is 1. The quantitative estimate of drug-likeness (QED) is 0.794. The molecule has 1 aliphatic rings. The first-order valence-electron chi connectivity index (χ1n) is 4.73. The molecule has 2 rings (SSSR count). The fraction of sp³-hybridized carbons (Fsp3) is 0.667. The summed E-state index contributed by atoms with van der Waals surface area (Å²) in [6, 6.07) is 0. The Kier molecular flexibility index (Phi) is 3.47. The second-order valence-corrected chi connectivity index (χ2v) is 4.22. The first-order chi connectivity index (χ1) is 6.88. The molecule has 1 aliphatic heterocycles. The molecule has 1 fully saturated rings. The topological polar surface area (TPSA) is 45.6 Å². The number of aromatic nitrogens is 1. The van der Waals surface area contributed by atoms with Gasteiger partial charge < -0.3 is 9.84 Å². The molecule has 0 saturated carbocycles. The van der Waals surface area contributed by atoms with Crippen molar-refractivity contribution in [3.05, 3.63) is 16.1 Å². The zero-order valence-electron chi connectivity index (χ0n) is 7.98. The van der Waals surface area contributed by atoms with Gasteiger partial charge in [0.25, 0.3) is 0 Å². The van der Waals surface area contributed by atoms with E-state index in [1.54, 1.807) is 11.3 Å². The van der Waals surface area contributed by atoms with Gasteiger partial charge in [0.2, 0.25) is 0 Å². The molecule has 1 N–H and O–H groups in total. The van der Waals surface area contributed by atoms with E-state index in [1.807, 2.05) is 5.38 Å². The maximum Gasteiger partial charge on any atom is 0.107 e. The molecular formula is C9H14N2O2S. The van der Waals surface area contributed by atoms with E-state index in [9.17, 15) is 0 Å². The number of rotatable bonds is 3. The lowest BCUT2D eigenvalue weighted by molar-refractivity contribution is 0.0341. The Hall–Kier alpha value is -0.490. The van der Waals surface area contributed by atoms with Gasteiger partial charge in [-0.1, -0.05) is 0 Å². The van der Waals surface area contributed by atoms with Crippen LogP contribution in [-0.2, 0) is 17.9 Å². The number of aliphatic hydroxyl groups is 1. The standard InChI is InChI=1S/C9H14N2O2S/c12-6-8-7-14-9(10-8)5-11-1-3-13-4-2-11/h7,12H,1-6H2. The van der Waals surface area contributed by atoms with E-state index < -0.39 is 0 Å². The van der Waals surface area contributed by atoms with Gasteiger partial charge in [0.05, 0.1) is 32.1 Å². The normalized spacial score (nSPS) is 18.6. The molecule has 1 saturated heterocycles. The van der Waals surface area contributed by atoms with E-state index in [-0.39, 0.29) is 6.61 Å². The fourth-order valence-electron chi connectivity index (χ4n) is 1.44. The minimum absolute atomic E-state index is 0.0413. The predicted molar refractivity (Wildman–Crippen MR) is 54.1 cm³/mol. The van der Waals surface area contributed by atoms with Crippen LogP contribution in [0.1, 0.15) is 10.7 Å². The lowest BCUT2D eigenvalue weighted by atomic mass is 10.4. The van der Waals surface area contributed by atoms with E-state index in [0.29, 0.717) is 0 Å². The number of hydrogen-bond donors (Lipinski definition) is 1. The highest BCUT2D eigenvalue weighted by molar-refractivity contribution is 7.09. The maximum absolute atomic E-state index is 8.87. The molecule has 5 heteroatoms. The molecule has 0 aliphatic carbocycles. The fourth-order valence-corrected chi connectivity index (χ4v) is 2.27. The van der Waals surface area contributed by atoms with E-state index in [2.05, 4.69) is 9.88 Å². The summed E-state index contributed by atoms with van der Waals surface area (Å²) < 4.78 is 5.27. The summed E-state index contributed by atoms with van der Waals surface area (Å²) in [7, 11) is 0. The SMILES string of the molecule is OCc1csc(CN2CCOCC2)n1. The summed E-state index contributed by atoms with van der Waals surface area (Å²) in [6.07, 6.45) is 0. The van der Waals surface area contributed by atoms with Gasteiger partial charge >= 0.3 is 0 Å².